The molecule has 11 nitrogen and oxygen atoms in total. The fraction of sp³-hybridized carbons (Fsp3) is 0.632. The molecule has 14 heteroatoms. The fourth-order valence-electron chi connectivity index (χ4n) is 2.74. The lowest BCUT2D eigenvalue weighted by atomic mass is 10.1. The van der Waals surface area contributed by atoms with Crippen LogP contribution in [0, 0.1) is 0 Å². The largest absolute Gasteiger partial charge is 0.480 e. The first-order valence-corrected chi connectivity index (χ1v) is 13.6. The van der Waals surface area contributed by atoms with Gasteiger partial charge < -0.3 is 31.8 Å². The maximum atomic E-state index is 13.0. The Morgan fingerprint density at radius 1 is 1.03 bits per heavy atom. The molecule has 0 bridgehead atoms. The number of nitrogens with zero attached hydrogens (tertiary/aromatic N) is 1. The van der Waals surface area contributed by atoms with Gasteiger partial charge in [0.2, 0.25) is 17.7 Å². The topological polar surface area (TPSA) is 179 Å². The van der Waals surface area contributed by atoms with Crippen molar-refractivity contribution in [2.45, 2.75) is 43.4 Å². The Balaban J connectivity index is 2.86. The minimum Gasteiger partial charge on any atom is -0.480 e. The number of nitrogens with two attached hydrogens (primary N) is 1. The summed E-state index contributed by atoms with van der Waals surface area (Å²) in [5.41, 5.74) is 6.66. The molecule has 0 saturated carbocycles. The zero-order chi connectivity index (χ0) is 24.8. The highest BCUT2D eigenvalue weighted by molar-refractivity contribution is 7.98. The van der Waals surface area contributed by atoms with Crippen LogP contribution in [0.3, 0.4) is 0 Å². The van der Waals surface area contributed by atoms with Crippen molar-refractivity contribution in [2.75, 3.05) is 29.8 Å². The number of thiol groups is 1. The second-order valence-corrected chi connectivity index (χ2v) is 9.49. The number of H-pyrrole nitrogens is 1. The van der Waals surface area contributed by atoms with E-state index in [9.17, 15) is 19.2 Å². The summed E-state index contributed by atoms with van der Waals surface area (Å²) in [6.45, 7) is 0. The Hall–Kier alpha value is -1.90. The fourth-order valence-corrected chi connectivity index (χ4v) is 3.93. The lowest BCUT2D eigenvalue weighted by molar-refractivity contribution is -0.141. The molecular weight excluding hydrogens is 488 g/mol. The van der Waals surface area contributed by atoms with Crippen LogP contribution in [0.4, 0.5) is 0 Å². The van der Waals surface area contributed by atoms with Crippen LogP contribution in [0.1, 0.15) is 18.5 Å². The number of hydrogen-bond donors (Lipinski definition) is 7. The summed E-state index contributed by atoms with van der Waals surface area (Å²) >= 11 is 6.93. The van der Waals surface area contributed by atoms with Gasteiger partial charge >= 0.3 is 5.97 Å². The monoisotopic (exact) mass is 520 g/mol. The van der Waals surface area contributed by atoms with E-state index >= 15 is 0 Å². The average Bonchev–Trinajstić information content (AvgIpc) is 3.29. The minimum absolute atomic E-state index is 0.0924. The first-order valence-electron chi connectivity index (χ1n) is 10.2. The number of aromatic amines is 1. The molecule has 0 aromatic carbocycles. The van der Waals surface area contributed by atoms with Crippen molar-refractivity contribution in [3.8, 4) is 0 Å². The summed E-state index contributed by atoms with van der Waals surface area (Å²) in [4.78, 5) is 56.2. The molecule has 0 aliphatic heterocycles. The smallest absolute Gasteiger partial charge is 0.327 e. The molecule has 4 atom stereocenters. The van der Waals surface area contributed by atoms with Crippen molar-refractivity contribution in [3.05, 3.63) is 18.2 Å². The van der Waals surface area contributed by atoms with Crippen molar-refractivity contribution < 1.29 is 24.3 Å². The van der Waals surface area contributed by atoms with E-state index in [4.69, 9.17) is 10.8 Å². The number of carboxylic acids is 1. The van der Waals surface area contributed by atoms with Gasteiger partial charge in [-0.2, -0.15) is 36.2 Å². The molecule has 1 aromatic heterocycles. The van der Waals surface area contributed by atoms with E-state index in [1.165, 1.54) is 29.9 Å². The molecule has 1 rings (SSSR count). The van der Waals surface area contributed by atoms with Crippen molar-refractivity contribution in [3.63, 3.8) is 0 Å². The predicted molar refractivity (Wildman–Crippen MR) is 134 cm³/mol. The highest BCUT2D eigenvalue weighted by atomic mass is 32.2. The molecule has 0 fully saturated rings. The number of nitrogens with one attached hydrogen (secondary N) is 4. The molecule has 3 amide bonds. The molecule has 0 aliphatic rings. The SMILES string of the molecule is CSCCC(NC(=O)C(N)Cc1cnc[nH]1)C(=O)NC(CCSC)C(=O)NC(CS)C(=O)O. The third-order valence-corrected chi connectivity index (χ3v) is 6.27. The second kappa shape index (κ2) is 15.9. The van der Waals surface area contributed by atoms with E-state index in [0.717, 1.165) is 0 Å². The van der Waals surface area contributed by atoms with Gasteiger partial charge in [0.25, 0.3) is 0 Å². The highest BCUT2D eigenvalue weighted by Gasteiger charge is 2.29. The van der Waals surface area contributed by atoms with Gasteiger partial charge in [0.15, 0.2) is 0 Å². The van der Waals surface area contributed by atoms with Gasteiger partial charge in [-0.15, -0.1) is 0 Å². The summed E-state index contributed by atoms with van der Waals surface area (Å²) in [7, 11) is 0. The highest BCUT2D eigenvalue weighted by Crippen LogP contribution is 2.07. The van der Waals surface area contributed by atoms with Crippen LogP contribution in [-0.4, -0.2) is 92.7 Å². The summed E-state index contributed by atoms with van der Waals surface area (Å²) in [6.07, 6.45) is 7.63. The predicted octanol–water partition coefficient (Wildman–Crippen LogP) is -0.745. The van der Waals surface area contributed by atoms with E-state index in [-0.39, 0.29) is 12.2 Å². The molecular formula is C19H32N6O5S3. The zero-order valence-electron chi connectivity index (χ0n) is 18.6. The molecule has 0 spiro atoms. The minimum atomic E-state index is -1.22. The van der Waals surface area contributed by atoms with Gasteiger partial charge in [-0.05, 0) is 36.9 Å². The van der Waals surface area contributed by atoms with Gasteiger partial charge in [0.05, 0.1) is 12.4 Å². The third-order valence-electron chi connectivity index (χ3n) is 4.62. The van der Waals surface area contributed by atoms with Crippen LogP contribution in [0.2, 0.25) is 0 Å². The second-order valence-electron chi connectivity index (χ2n) is 7.15. The van der Waals surface area contributed by atoms with E-state index in [1.807, 2.05) is 12.5 Å². The maximum absolute atomic E-state index is 13.0. The van der Waals surface area contributed by atoms with Crippen molar-refractivity contribution >= 4 is 59.8 Å². The first-order chi connectivity index (χ1) is 15.7. The van der Waals surface area contributed by atoms with Gasteiger partial charge in [-0.1, -0.05) is 0 Å². The van der Waals surface area contributed by atoms with E-state index in [1.54, 1.807) is 6.20 Å². The lowest BCUT2D eigenvalue weighted by Crippen LogP contribution is -2.57. The number of rotatable bonds is 16. The van der Waals surface area contributed by atoms with Crippen molar-refractivity contribution in [1.29, 1.82) is 0 Å². The Morgan fingerprint density at radius 3 is 1.97 bits per heavy atom. The molecule has 0 aliphatic carbocycles. The number of thioether (sulfide) groups is 2. The summed E-state index contributed by atoms with van der Waals surface area (Å²) < 4.78 is 0. The number of amides is 3. The van der Waals surface area contributed by atoms with Gasteiger partial charge in [0, 0.05) is 24.1 Å². The van der Waals surface area contributed by atoms with Crippen molar-refractivity contribution in [2.24, 2.45) is 5.73 Å². The van der Waals surface area contributed by atoms with Gasteiger partial charge in [-0.3, -0.25) is 14.4 Å². The number of imidazole rings is 1. The average molecular weight is 521 g/mol. The standard InChI is InChI=1S/C19H32N6O5S3/c1-32-5-3-13(23-16(26)12(20)7-11-8-21-10-22-11)17(27)24-14(4-6-33-2)18(28)25-15(9-31)19(29)30/h8,10,12-15,31H,3-7,9,20H2,1-2H3,(H,21,22)(H,23,26)(H,24,27)(H,25,28)(H,29,30). The number of aliphatic carboxylic acids is 1. The van der Waals surface area contributed by atoms with Crippen LogP contribution >= 0.6 is 36.2 Å². The molecule has 186 valence electrons. The molecule has 4 unspecified atom stereocenters. The van der Waals surface area contributed by atoms with Gasteiger partial charge in [0.1, 0.15) is 18.1 Å². The Labute approximate surface area is 207 Å². The van der Waals surface area contributed by atoms with Crippen LogP contribution in [-0.2, 0) is 25.6 Å². The summed E-state index contributed by atoms with van der Waals surface area (Å²) in [5, 5.41) is 16.9. The van der Waals surface area contributed by atoms with E-state index < -0.39 is 47.9 Å². The normalized spacial score (nSPS) is 14.5. The number of carboxylic acid groups (broad SMARTS) is 1. The number of aromatic nitrogens is 2. The van der Waals surface area contributed by atoms with Crippen LogP contribution in [0.5, 0.6) is 0 Å². The number of hydrogen-bond acceptors (Lipinski definition) is 9. The number of carbonyl (C=O) groups excluding carboxylic acids is 3. The number of carbonyl (C=O) groups is 4. The Kier molecular flexibility index (Phi) is 14.0. The third kappa shape index (κ3) is 10.7. The summed E-state index contributed by atoms with van der Waals surface area (Å²) in [5.74, 6) is -1.81. The van der Waals surface area contributed by atoms with Crippen LogP contribution < -0.4 is 21.7 Å². The zero-order valence-corrected chi connectivity index (χ0v) is 21.1. The molecule has 0 saturated heterocycles. The maximum Gasteiger partial charge on any atom is 0.327 e. The van der Waals surface area contributed by atoms with Crippen LogP contribution in [0.25, 0.3) is 0 Å². The molecule has 33 heavy (non-hydrogen) atoms. The Bertz CT molecular complexity index is 767. The Morgan fingerprint density at radius 2 is 1.55 bits per heavy atom. The quantitative estimate of drug-likeness (QED) is 0.138. The van der Waals surface area contributed by atoms with Gasteiger partial charge in [-0.25, -0.2) is 9.78 Å². The van der Waals surface area contributed by atoms with E-state index in [2.05, 4.69) is 38.5 Å². The first kappa shape index (κ1) is 29.1. The lowest BCUT2D eigenvalue weighted by Gasteiger charge is -2.25. The van der Waals surface area contributed by atoms with Crippen molar-refractivity contribution in [1.82, 2.24) is 25.9 Å². The molecule has 1 heterocycles. The molecule has 0 radical (unpaired) electrons. The van der Waals surface area contributed by atoms with Crippen LogP contribution in [0.15, 0.2) is 12.5 Å². The van der Waals surface area contributed by atoms with E-state index in [0.29, 0.717) is 30.0 Å². The summed E-state index contributed by atoms with van der Waals surface area (Å²) in [6, 6.07) is -3.93. The molecule has 7 N–H and O–H groups in total. The molecule has 1 aromatic rings.